The second-order valence-corrected chi connectivity index (χ2v) is 5.76. The van der Waals surface area contributed by atoms with Gasteiger partial charge in [0.15, 0.2) is 0 Å². The zero-order valence-corrected chi connectivity index (χ0v) is 12.7. The lowest BCUT2D eigenvalue weighted by molar-refractivity contribution is -0.126. The Labute approximate surface area is 125 Å². The lowest BCUT2D eigenvalue weighted by Gasteiger charge is -2.35. The number of benzene rings is 1. The number of amides is 2. The second kappa shape index (κ2) is 6.26. The summed E-state index contributed by atoms with van der Waals surface area (Å²) in [6, 6.07) is 5.09. The van der Waals surface area contributed by atoms with Gasteiger partial charge in [-0.3, -0.25) is 9.59 Å². The van der Waals surface area contributed by atoms with Gasteiger partial charge in [0.1, 0.15) is 0 Å². The molecule has 2 rings (SSSR count). The summed E-state index contributed by atoms with van der Waals surface area (Å²) in [6.45, 7) is 5.60. The summed E-state index contributed by atoms with van der Waals surface area (Å²) in [5, 5.41) is 6.32. The third-order valence-corrected chi connectivity index (χ3v) is 4.39. The minimum atomic E-state index is -0.461. The minimum Gasteiger partial charge on any atom is -0.366 e. The summed E-state index contributed by atoms with van der Waals surface area (Å²) in [5.41, 5.74) is 6.95. The Morgan fingerprint density at radius 1 is 1.43 bits per heavy atom. The molecule has 1 heterocycles. The van der Waals surface area contributed by atoms with Crippen LogP contribution in [0.1, 0.15) is 42.1 Å². The van der Waals surface area contributed by atoms with Crippen molar-refractivity contribution in [2.75, 3.05) is 18.4 Å². The fourth-order valence-corrected chi connectivity index (χ4v) is 2.84. The van der Waals surface area contributed by atoms with Gasteiger partial charge in [-0.05, 0) is 56.5 Å². The van der Waals surface area contributed by atoms with Crippen molar-refractivity contribution in [2.24, 2.45) is 11.1 Å². The Balaban J connectivity index is 2.17. The molecular formula is C16H23N3O2. The van der Waals surface area contributed by atoms with E-state index in [1.807, 2.05) is 6.92 Å². The van der Waals surface area contributed by atoms with Gasteiger partial charge >= 0.3 is 0 Å². The third-order valence-electron chi connectivity index (χ3n) is 4.39. The maximum Gasteiger partial charge on any atom is 0.248 e. The van der Waals surface area contributed by atoms with Gasteiger partial charge in [-0.15, -0.1) is 0 Å². The van der Waals surface area contributed by atoms with Gasteiger partial charge in [0.2, 0.25) is 11.8 Å². The molecule has 0 aromatic heterocycles. The van der Waals surface area contributed by atoms with E-state index >= 15 is 0 Å². The molecule has 1 fully saturated rings. The molecule has 0 aliphatic carbocycles. The summed E-state index contributed by atoms with van der Waals surface area (Å²) in [6.07, 6.45) is 2.73. The lowest BCUT2D eigenvalue weighted by Crippen LogP contribution is -2.47. The van der Waals surface area contributed by atoms with Crippen LogP contribution < -0.4 is 16.4 Å². The number of carbonyl (C=O) groups excluding carboxylic acids is 2. The van der Waals surface area contributed by atoms with E-state index in [0.717, 1.165) is 37.1 Å². The highest BCUT2D eigenvalue weighted by molar-refractivity contribution is 5.98. The van der Waals surface area contributed by atoms with Crippen molar-refractivity contribution in [2.45, 2.75) is 33.1 Å². The first kappa shape index (κ1) is 15.5. The number of anilines is 1. The Bertz CT molecular complexity index is 548. The topological polar surface area (TPSA) is 84.2 Å². The molecule has 1 atom stereocenters. The number of carbonyl (C=O) groups is 2. The summed E-state index contributed by atoms with van der Waals surface area (Å²) < 4.78 is 0. The summed E-state index contributed by atoms with van der Waals surface area (Å²) in [5.74, 6) is -0.412. The largest absolute Gasteiger partial charge is 0.366 e. The molecule has 2 amide bonds. The highest BCUT2D eigenvalue weighted by atomic mass is 16.2. The van der Waals surface area contributed by atoms with Crippen LogP contribution >= 0.6 is 0 Å². The molecule has 1 unspecified atom stereocenters. The van der Waals surface area contributed by atoms with Gasteiger partial charge in [-0.25, -0.2) is 0 Å². The van der Waals surface area contributed by atoms with Crippen molar-refractivity contribution >= 4 is 17.5 Å². The van der Waals surface area contributed by atoms with Crippen LogP contribution in [0.4, 0.5) is 5.69 Å². The molecule has 5 nitrogen and oxygen atoms in total. The molecule has 0 radical (unpaired) electrons. The SMILES string of the molecule is CCC1(C(=O)Nc2ccc(C(N)=O)cc2C)CCCNC1. The first-order valence-electron chi connectivity index (χ1n) is 7.41. The van der Waals surface area contributed by atoms with E-state index in [1.165, 1.54) is 0 Å². The van der Waals surface area contributed by atoms with Crippen molar-refractivity contribution in [1.82, 2.24) is 5.32 Å². The standard InChI is InChI=1S/C16H23N3O2/c1-3-16(7-4-8-18-10-16)15(21)19-13-6-5-12(14(17)20)9-11(13)2/h5-6,9,18H,3-4,7-8,10H2,1-2H3,(H2,17,20)(H,19,21). The Kier molecular flexibility index (Phi) is 4.63. The third kappa shape index (κ3) is 3.24. The van der Waals surface area contributed by atoms with E-state index in [1.54, 1.807) is 18.2 Å². The van der Waals surface area contributed by atoms with Crippen LogP contribution in [-0.2, 0) is 4.79 Å². The quantitative estimate of drug-likeness (QED) is 0.790. The summed E-state index contributed by atoms with van der Waals surface area (Å²) >= 11 is 0. The lowest BCUT2D eigenvalue weighted by atomic mass is 9.77. The number of hydrogen-bond acceptors (Lipinski definition) is 3. The molecule has 1 aromatic rings. The number of aryl methyl sites for hydroxylation is 1. The summed E-state index contributed by atoms with van der Waals surface area (Å²) in [4.78, 5) is 23.8. The van der Waals surface area contributed by atoms with E-state index in [-0.39, 0.29) is 11.3 Å². The van der Waals surface area contributed by atoms with Gasteiger partial charge in [0, 0.05) is 17.8 Å². The van der Waals surface area contributed by atoms with Crippen LogP contribution in [0.25, 0.3) is 0 Å². The molecule has 1 aliphatic rings. The van der Waals surface area contributed by atoms with Crippen LogP contribution in [0.3, 0.4) is 0 Å². The van der Waals surface area contributed by atoms with Crippen LogP contribution in [0, 0.1) is 12.3 Å². The number of rotatable bonds is 4. The van der Waals surface area contributed by atoms with Crippen molar-refractivity contribution in [3.05, 3.63) is 29.3 Å². The van der Waals surface area contributed by atoms with Crippen molar-refractivity contribution in [3.8, 4) is 0 Å². The Hall–Kier alpha value is -1.88. The molecule has 0 bridgehead atoms. The molecule has 0 saturated carbocycles. The Morgan fingerprint density at radius 3 is 2.71 bits per heavy atom. The molecule has 1 aliphatic heterocycles. The number of piperidine rings is 1. The summed E-state index contributed by atoms with van der Waals surface area (Å²) in [7, 11) is 0. The van der Waals surface area contributed by atoms with E-state index in [9.17, 15) is 9.59 Å². The normalized spacial score (nSPS) is 21.8. The molecule has 4 N–H and O–H groups in total. The fraction of sp³-hybridized carbons (Fsp3) is 0.500. The number of nitrogens with one attached hydrogen (secondary N) is 2. The minimum absolute atomic E-state index is 0.0483. The highest BCUT2D eigenvalue weighted by Gasteiger charge is 2.37. The molecule has 1 aromatic carbocycles. The van der Waals surface area contributed by atoms with Crippen LogP contribution in [0.5, 0.6) is 0 Å². The molecule has 1 saturated heterocycles. The van der Waals surface area contributed by atoms with E-state index in [2.05, 4.69) is 17.6 Å². The van der Waals surface area contributed by atoms with E-state index in [0.29, 0.717) is 12.1 Å². The number of primary amides is 1. The first-order valence-corrected chi connectivity index (χ1v) is 7.41. The maximum atomic E-state index is 12.6. The smallest absolute Gasteiger partial charge is 0.248 e. The van der Waals surface area contributed by atoms with Crippen LogP contribution in [-0.4, -0.2) is 24.9 Å². The predicted octanol–water partition coefficient (Wildman–Crippen LogP) is 1.81. The van der Waals surface area contributed by atoms with Gasteiger partial charge in [0.25, 0.3) is 0 Å². The van der Waals surface area contributed by atoms with Gasteiger partial charge < -0.3 is 16.4 Å². The van der Waals surface area contributed by atoms with Gasteiger partial charge in [0.05, 0.1) is 5.41 Å². The van der Waals surface area contributed by atoms with Crippen molar-refractivity contribution < 1.29 is 9.59 Å². The molecule has 5 heteroatoms. The van der Waals surface area contributed by atoms with E-state index in [4.69, 9.17) is 5.73 Å². The number of nitrogens with two attached hydrogens (primary N) is 1. The predicted molar refractivity (Wildman–Crippen MR) is 83.2 cm³/mol. The fourth-order valence-electron chi connectivity index (χ4n) is 2.84. The van der Waals surface area contributed by atoms with Crippen molar-refractivity contribution in [1.29, 1.82) is 0 Å². The monoisotopic (exact) mass is 289 g/mol. The second-order valence-electron chi connectivity index (χ2n) is 5.76. The Morgan fingerprint density at radius 2 is 2.19 bits per heavy atom. The van der Waals surface area contributed by atoms with E-state index < -0.39 is 5.91 Å². The van der Waals surface area contributed by atoms with Crippen LogP contribution in [0.2, 0.25) is 0 Å². The van der Waals surface area contributed by atoms with Crippen LogP contribution in [0.15, 0.2) is 18.2 Å². The van der Waals surface area contributed by atoms with Gasteiger partial charge in [-0.1, -0.05) is 6.92 Å². The molecule has 0 spiro atoms. The van der Waals surface area contributed by atoms with Gasteiger partial charge in [-0.2, -0.15) is 0 Å². The molecular weight excluding hydrogens is 266 g/mol. The first-order chi connectivity index (χ1) is 9.98. The van der Waals surface area contributed by atoms with Crippen molar-refractivity contribution in [3.63, 3.8) is 0 Å². The molecule has 114 valence electrons. The zero-order chi connectivity index (χ0) is 15.5. The maximum absolute atomic E-state index is 12.6. The average molecular weight is 289 g/mol. The molecule has 21 heavy (non-hydrogen) atoms. The highest BCUT2D eigenvalue weighted by Crippen LogP contribution is 2.32. The number of hydrogen-bond donors (Lipinski definition) is 3. The average Bonchev–Trinajstić information content (AvgIpc) is 2.49. The zero-order valence-electron chi connectivity index (χ0n) is 12.7.